The van der Waals surface area contributed by atoms with Gasteiger partial charge in [-0.25, -0.2) is 0 Å². The second-order valence-corrected chi connectivity index (χ2v) is 6.33. The molecule has 1 aromatic carbocycles. The van der Waals surface area contributed by atoms with Crippen molar-refractivity contribution in [2.24, 2.45) is 5.92 Å². The minimum Gasteiger partial charge on any atom is -0.299 e. The van der Waals surface area contributed by atoms with Gasteiger partial charge in [-0.3, -0.25) is 9.11 Å². The Morgan fingerprint density at radius 1 is 1.33 bits per heavy atom. The normalized spacial score (nSPS) is 19.6. The monoisotopic (exact) mass is 263 g/mol. The molecule has 1 fully saturated rings. The van der Waals surface area contributed by atoms with Crippen LogP contribution in [0.15, 0.2) is 41.8 Å². The molecule has 0 amide bonds. The van der Waals surface area contributed by atoms with E-state index in [1.807, 2.05) is 12.1 Å². The molecule has 0 bridgehead atoms. The summed E-state index contributed by atoms with van der Waals surface area (Å²) in [5.74, 6) is 0.700. The van der Waals surface area contributed by atoms with Crippen LogP contribution in [-0.4, -0.2) is 28.5 Å². The van der Waals surface area contributed by atoms with Crippen molar-refractivity contribution in [2.75, 3.05) is 19.3 Å². The Labute approximate surface area is 112 Å². The van der Waals surface area contributed by atoms with Gasteiger partial charge in [-0.2, -0.15) is 0 Å². The van der Waals surface area contributed by atoms with E-state index < -0.39 is 10.8 Å². The highest BCUT2D eigenvalue weighted by Gasteiger charge is 2.16. The fourth-order valence-corrected chi connectivity index (χ4v) is 2.91. The zero-order chi connectivity index (χ0) is 13.0. The third kappa shape index (κ3) is 3.53. The van der Waals surface area contributed by atoms with Crippen molar-refractivity contribution in [1.82, 2.24) is 4.90 Å². The SMILES string of the molecule is C=CC1CCN(Cc2ccc(S(C)=O)cc2)CC1. The molecule has 1 atom stereocenters. The van der Waals surface area contributed by atoms with E-state index in [9.17, 15) is 4.21 Å². The van der Waals surface area contributed by atoms with Gasteiger partial charge < -0.3 is 0 Å². The van der Waals surface area contributed by atoms with Crippen molar-refractivity contribution in [3.63, 3.8) is 0 Å². The molecule has 1 heterocycles. The molecule has 0 saturated carbocycles. The molecule has 1 unspecified atom stereocenters. The highest BCUT2D eigenvalue weighted by atomic mass is 32.2. The van der Waals surface area contributed by atoms with Crippen LogP contribution in [0.1, 0.15) is 18.4 Å². The van der Waals surface area contributed by atoms with Crippen LogP contribution < -0.4 is 0 Å². The quantitative estimate of drug-likeness (QED) is 0.779. The molecular formula is C15H21NOS. The van der Waals surface area contributed by atoms with Crippen LogP contribution in [0.3, 0.4) is 0 Å². The van der Waals surface area contributed by atoms with Gasteiger partial charge in [-0.1, -0.05) is 18.2 Å². The second kappa shape index (κ2) is 6.30. The maximum Gasteiger partial charge on any atom is 0.0498 e. The van der Waals surface area contributed by atoms with Gasteiger partial charge in [0.15, 0.2) is 0 Å². The lowest BCUT2D eigenvalue weighted by Crippen LogP contribution is -2.32. The molecule has 2 rings (SSSR count). The summed E-state index contributed by atoms with van der Waals surface area (Å²) in [6.07, 6.45) is 6.25. The molecular weight excluding hydrogens is 242 g/mol. The lowest BCUT2D eigenvalue weighted by molar-refractivity contribution is 0.196. The van der Waals surface area contributed by atoms with E-state index in [4.69, 9.17) is 0 Å². The van der Waals surface area contributed by atoms with E-state index in [0.29, 0.717) is 5.92 Å². The Kier molecular flexibility index (Phi) is 4.72. The number of benzene rings is 1. The summed E-state index contributed by atoms with van der Waals surface area (Å²) in [7, 11) is -0.875. The maximum atomic E-state index is 11.3. The number of likely N-dealkylation sites (tertiary alicyclic amines) is 1. The highest BCUT2D eigenvalue weighted by molar-refractivity contribution is 7.84. The van der Waals surface area contributed by atoms with E-state index in [1.165, 1.54) is 18.4 Å². The van der Waals surface area contributed by atoms with Crippen LogP contribution in [0, 0.1) is 5.92 Å². The summed E-state index contributed by atoms with van der Waals surface area (Å²) in [5.41, 5.74) is 1.31. The molecule has 0 aromatic heterocycles. The second-order valence-electron chi connectivity index (χ2n) is 4.95. The first-order chi connectivity index (χ1) is 8.69. The lowest BCUT2D eigenvalue weighted by Gasteiger charge is -2.30. The Morgan fingerprint density at radius 2 is 1.94 bits per heavy atom. The molecule has 1 aliphatic rings. The molecule has 3 heteroatoms. The molecule has 2 nitrogen and oxygen atoms in total. The zero-order valence-electron chi connectivity index (χ0n) is 11.0. The van der Waals surface area contributed by atoms with Crippen molar-refractivity contribution in [3.8, 4) is 0 Å². The largest absolute Gasteiger partial charge is 0.299 e. The van der Waals surface area contributed by atoms with E-state index in [2.05, 4.69) is 29.7 Å². The molecule has 0 radical (unpaired) electrons. The van der Waals surface area contributed by atoms with E-state index in [-0.39, 0.29) is 0 Å². The fourth-order valence-electron chi connectivity index (χ4n) is 2.39. The van der Waals surface area contributed by atoms with Gasteiger partial charge in [-0.15, -0.1) is 6.58 Å². The van der Waals surface area contributed by atoms with Gasteiger partial charge in [-0.05, 0) is 49.5 Å². The van der Waals surface area contributed by atoms with E-state index >= 15 is 0 Å². The molecule has 1 saturated heterocycles. The van der Waals surface area contributed by atoms with Crippen LogP contribution >= 0.6 is 0 Å². The van der Waals surface area contributed by atoms with Crippen molar-refractivity contribution in [2.45, 2.75) is 24.3 Å². The average molecular weight is 263 g/mol. The highest BCUT2D eigenvalue weighted by Crippen LogP contribution is 2.19. The van der Waals surface area contributed by atoms with Gasteiger partial charge >= 0.3 is 0 Å². The molecule has 0 N–H and O–H groups in total. The third-order valence-electron chi connectivity index (χ3n) is 3.63. The third-order valence-corrected chi connectivity index (χ3v) is 4.56. The Morgan fingerprint density at radius 3 is 2.44 bits per heavy atom. The number of nitrogens with zero attached hydrogens (tertiary/aromatic N) is 1. The summed E-state index contributed by atoms with van der Waals surface area (Å²) < 4.78 is 11.3. The number of rotatable bonds is 4. The fraction of sp³-hybridized carbons (Fsp3) is 0.467. The number of piperidine rings is 1. The maximum absolute atomic E-state index is 11.3. The predicted octanol–water partition coefficient (Wildman–Crippen LogP) is 2.82. The van der Waals surface area contributed by atoms with Gasteiger partial charge in [0.1, 0.15) is 0 Å². The smallest absolute Gasteiger partial charge is 0.0498 e. The van der Waals surface area contributed by atoms with Crippen molar-refractivity contribution < 1.29 is 4.21 Å². The van der Waals surface area contributed by atoms with Crippen LogP contribution in [0.2, 0.25) is 0 Å². The van der Waals surface area contributed by atoms with Crippen LogP contribution in [-0.2, 0) is 17.3 Å². The van der Waals surface area contributed by atoms with Gasteiger partial charge in [0.2, 0.25) is 0 Å². The van der Waals surface area contributed by atoms with Crippen LogP contribution in [0.25, 0.3) is 0 Å². The number of hydrogen-bond donors (Lipinski definition) is 0. The summed E-state index contributed by atoms with van der Waals surface area (Å²) in [5, 5.41) is 0. The zero-order valence-corrected chi connectivity index (χ0v) is 11.8. The van der Waals surface area contributed by atoms with Gasteiger partial charge in [0.25, 0.3) is 0 Å². The van der Waals surface area contributed by atoms with E-state index in [0.717, 1.165) is 24.5 Å². The van der Waals surface area contributed by atoms with Crippen LogP contribution in [0.4, 0.5) is 0 Å². The Balaban J connectivity index is 1.90. The minimum atomic E-state index is -0.875. The van der Waals surface area contributed by atoms with Crippen LogP contribution in [0.5, 0.6) is 0 Å². The number of hydrogen-bond acceptors (Lipinski definition) is 2. The van der Waals surface area contributed by atoms with Gasteiger partial charge in [0.05, 0.1) is 0 Å². The summed E-state index contributed by atoms with van der Waals surface area (Å²) in [4.78, 5) is 3.39. The standard InChI is InChI=1S/C15H21NOS/c1-3-13-8-10-16(11-9-13)12-14-4-6-15(7-5-14)18(2)17/h3-7,13H,1,8-12H2,2H3. The number of allylic oxidation sites excluding steroid dienone is 1. The first kappa shape index (κ1) is 13.5. The summed E-state index contributed by atoms with van der Waals surface area (Å²) in [6, 6.07) is 8.14. The summed E-state index contributed by atoms with van der Waals surface area (Å²) >= 11 is 0. The molecule has 0 spiro atoms. The summed E-state index contributed by atoms with van der Waals surface area (Å²) in [6.45, 7) is 7.17. The lowest BCUT2D eigenvalue weighted by atomic mass is 9.97. The minimum absolute atomic E-state index is 0.700. The van der Waals surface area contributed by atoms with E-state index in [1.54, 1.807) is 6.26 Å². The van der Waals surface area contributed by atoms with Crippen molar-refractivity contribution in [1.29, 1.82) is 0 Å². The first-order valence-corrected chi connectivity index (χ1v) is 8.02. The van der Waals surface area contributed by atoms with Crippen molar-refractivity contribution in [3.05, 3.63) is 42.5 Å². The Bertz CT molecular complexity index is 419. The molecule has 98 valence electrons. The topological polar surface area (TPSA) is 20.3 Å². The van der Waals surface area contributed by atoms with Crippen molar-refractivity contribution >= 4 is 10.8 Å². The Hall–Kier alpha value is -0.930. The average Bonchev–Trinajstić information content (AvgIpc) is 2.40. The molecule has 0 aliphatic carbocycles. The van der Waals surface area contributed by atoms with Gasteiger partial charge in [0, 0.05) is 28.5 Å². The molecule has 18 heavy (non-hydrogen) atoms. The first-order valence-electron chi connectivity index (χ1n) is 6.46. The molecule has 1 aromatic rings. The molecule has 1 aliphatic heterocycles. The predicted molar refractivity (Wildman–Crippen MR) is 77.0 cm³/mol.